The zero-order valence-corrected chi connectivity index (χ0v) is 12.0. The number of nitrogens with two attached hydrogens (primary N) is 1. The van der Waals surface area contributed by atoms with E-state index in [0.29, 0.717) is 12.1 Å². The summed E-state index contributed by atoms with van der Waals surface area (Å²) in [5.41, 5.74) is 5.64. The Morgan fingerprint density at radius 3 is 2.58 bits per heavy atom. The SMILES string of the molecule is CCCS(=O)(=O)c1ccccc1NC(C)CC(N)=O. The van der Waals surface area contributed by atoms with Crippen LogP contribution < -0.4 is 11.1 Å². The first-order chi connectivity index (χ1) is 8.86. The molecule has 0 heterocycles. The molecule has 19 heavy (non-hydrogen) atoms. The molecule has 1 unspecified atom stereocenters. The lowest BCUT2D eigenvalue weighted by Gasteiger charge is -2.16. The number of hydrogen-bond acceptors (Lipinski definition) is 4. The fraction of sp³-hybridized carbons (Fsp3) is 0.462. The number of nitrogens with one attached hydrogen (secondary N) is 1. The van der Waals surface area contributed by atoms with Gasteiger partial charge in [-0.25, -0.2) is 8.42 Å². The van der Waals surface area contributed by atoms with E-state index in [-0.39, 0.29) is 23.1 Å². The van der Waals surface area contributed by atoms with Crippen molar-refractivity contribution in [3.8, 4) is 0 Å². The molecule has 1 amide bonds. The third-order valence-electron chi connectivity index (χ3n) is 2.60. The average Bonchev–Trinajstić information content (AvgIpc) is 2.28. The minimum Gasteiger partial charge on any atom is -0.381 e. The maximum Gasteiger partial charge on any atom is 0.219 e. The lowest BCUT2D eigenvalue weighted by molar-refractivity contribution is -0.118. The van der Waals surface area contributed by atoms with Crippen LogP contribution in [0.5, 0.6) is 0 Å². The van der Waals surface area contributed by atoms with Crippen molar-refractivity contribution in [3.05, 3.63) is 24.3 Å². The number of carbonyl (C=O) groups excluding carboxylic acids is 1. The molecule has 0 radical (unpaired) electrons. The molecular formula is C13H20N2O3S. The van der Waals surface area contributed by atoms with E-state index in [1.54, 1.807) is 31.2 Å². The number of para-hydroxylation sites is 1. The molecule has 3 N–H and O–H groups in total. The van der Waals surface area contributed by atoms with E-state index in [9.17, 15) is 13.2 Å². The molecule has 0 saturated carbocycles. The second-order valence-corrected chi connectivity index (χ2v) is 6.61. The van der Waals surface area contributed by atoms with Gasteiger partial charge in [0.2, 0.25) is 5.91 Å². The zero-order chi connectivity index (χ0) is 14.5. The molecule has 1 rings (SSSR count). The van der Waals surface area contributed by atoms with E-state index in [1.165, 1.54) is 0 Å². The molecule has 0 aromatic heterocycles. The van der Waals surface area contributed by atoms with Crippen molar-refractivity contribution >= 4 is 21.4 Å². The van der Waals surface area contributed by atoms with Gasteiger partial charge < -0.3 is 11.1 Å². The third kappa shape index (κ3) is 4.55. The highest BCUT2D eigenvalue weighted by Gasteiger charge is 2.18. The van der Waals surface area contributed by atoms with Gasteiger partial charge in [-0.3, -0.25) is 4.79 Å². The molecule has 106 valence electrons. The summed E-state index contributed by atoms with van der Waals surface area (Å²) in [5, 5.41) is 3.03. The van der Waals surface area contributed by atoms with Crippen molar-refractivity contribution in [3.63, 3.8) is 0 Å². The largest absolute Gasteiger partial charge is 0.381 e. The Morgan fingerprint density at radius 1 is 1.37 bits per heavy atom. The van der Waals surface area contributed by atoms with Gasteiger partial charge in [0.05, 0.1) is 16.3 Å². The number of primary amides is 1. The molecule has 1 aromatic carbocycles. The second kappa shape index (κ2) is 6.56. The predicted molar refractivity (Wildman–Crippen MR) is 75.7 cm³/mol. The number of hydrogen-bond donors (Lipinski definition) is 2. The molecule has 0 spiro atoms. The first kappa shape index (κ1) is 15.5. The maximum absolute atomic E-state index is 12.1. The normalized spacial score (nSPS) is 12.9. The summed E-state index contributed by atoms with van der Waals surface area (Å²) in [6, 6.07) is 6.50. The topological polar surface area (TPSA) is 89.3 Å². The minimum atomic E-state index is -3.29. The molecule has 6 heteroatoms. The molecule has 0 aliphatic heterocycles. The lowest BCUT2D eigenvalue weighted by Crippen LogP contribution is -2.25. The summed E-state index contributed by atoms with van der Waals surface area (Å²) in [7, 11) is -3.29. The number of rotatable bonds is 7. The Labute approximate surface area is 114 Å². The van der Waals surface area contributed by atoms with Gasteiger partial charge in [0.15, 0.2) is 9.84 Å². The molecule has 0 fully saturated rings. The van der Waals surface area contributed by atoms with Crippen molar-refractivity contribution in [2.75, 3.05) is 11.1 Å². The summed E-state index contributed by atoms with van der Waals surface area (Å²) in [6.45, 7) is 3.61. The summed E-state index contributed by atoms with van der Waals surface area (Å²) >= 11 is 0. The predicted octanol–water partition coefficient (Wildman–Crippen LogP) is 1.55. The van der Waals surface area contributed by atoms with E-state index in [1.807, 2.05) is 6.92 Å². The second-order valence-electron chi connectivity index (χ2n) is 4.53. The van der Waals surface area contributed by atoms with Crippen molar-refractivity contribution in [2.45, 2.75) is 37.6 Å². The fourth-order valence-corrected chi connectivity index (χ4v) is 3.36. The van der Waals surface area contributed by atoms with Crippen LogP contribution in [-0.2, 0) is 14.6 Å². The van der Waals surface area contributed by atoms with Gasteiger partial charge in [-0.2, -0.15) is 0 Å². The van der Waals surface area contributed by atoms with E-state index < -0.39 is 15.7 Å². The van der Waals surface area contributed by atoms with E-state index >= 15 is 0 Å². The van der Waals surface area contributed by atoms with Crippen LogP contribution >= 0.6 is 0 Å². The van der Waals surface area contributed by atoms with Crippen molar-refractivity contribution < 1.29 is 13.2 Å². The monoisotopic (exact) mass is 284 g/mol. The van der Waals surface area contributed by atoms with Gasteiger partial charge in [0, 0.05) is 12.5 Å². The van der Waals surface area contributed by atoms with Crippen molar-refractivity contribution in [1.29, 1.82) is 0 Å². The summed E-state index contributed by atoms with van der Waals surface area (Å²) in [5.74, 6) is -0.315. The Balaban J connectivity index is 3.00. The summed E-state index contributed by atoms with van der Waals surface area (Å²) in [6.07, 6.45) is 0.718. The van der Waals surface area contributed by atoms with Crippen LogP contribution in [0.25, 0.3) is 0 Å². The quantitative estimate of drug-likeness (QED) is 0.795. The number of sulfone groups is 1. The molecule has 1 atom stereocenters. The third-order valence-corrected chi connectivity index (χ3v) is 4.58. The minimum absolute atomic E-state index is 0.107. The van der Waals surface area contributed by atoms with Crippen LogP contribution in [0.15, 0.2) is 29.2 Å². The van der Waals surface area contributed by atoms with Gasteiger partial charge in [-0.15, -0.1) is 0 Å². The van der Waals surface area contributed by atoms with Gasteiger partial charge >= 0.3 is 0 Å². The van der Waals surface area contributed by atoms with Crippen LogP contribution in [0.2, 0.25) is 0 Å². The number of carbonyl (C=O) groups is 1. The molecular weight excluding hydrogens is 264 g/mol. The number of amides is 1. The highest BCUT2D eigenvalue weighted by atomic mass is 32.2. The van der Waals surface area contributed by atoms with Crippen molar-refractivity contribution in [1.82, 2.24) is 0 Å². The maximum atomic E-state index is 12.1. The van der Waals surface area contributed by atoms with Crippen LogP contribution in [0.1, 0.15) is 26.7 Å². The smallest absolute Gasteiger partial charge is 0.219 e. The Morgan fingerprint density at radius 2 is 2.00 bits per heavy atom. The van der Waals surface area contributed by atoms with E-state index in [0.717, 1.165) is 0 Å². The van der Waals surface area contributed by atoms with E-state index in [2.05, 4.69) is 5.32 Å². The molecule has 1 aromatic rings. The molecule has 0 bridgehead atoms. The summed E-state index contributed by atoms with van der Waals surface area (Å²) < 4.78 is 24.3. The Kier molecular flexibility index (Phi) is 5.35. The average molecular weight is 284 g/mol. The number of benzene rings is 1. The highest BCUT2D eigenvalue weighted by molar-refractivity contribution is 7.91. The molecule has 0 saturated heterocycles. The molecule has 0 aliphatic rings. The van der Waals surface area contributed by atoms with Crippen LogP contribution in [-0.4, -0.2) is 26.1 Å². The Bertz CT molecular complexity index is 541. The van der Waals surface area contributed by atoms with Gasteiger partial charge in [-0.05, 0) is 25.5 Å². The van der Waals surface area contributed by atoms with Crippen LogP contribution in [0.3, 0.4) is 0 Å². The van der Waals surface area contributed by atoms with Crippen LogP contribution in [0.4, 0.5) is 5.69 Å². The molecule has 0 aliphatic carbocycles. The standard InChI is InChI=1S/C13H20N2O3S/c1-3-8-19(17,18)12-7-5-4-6-11(12)15-10(2)9-13(14)16/h4-7,10,15H,3,8-9H2,1-2H3,(H2,14,16). The van der Waals surface area contributed by atoms with Gasteiger partial charge in [0.25, 0.3) is 0 Å². The summed E-state index contributed by atoms with van der Waals surface area (Å²) in [4.78, 5) is 11.1. The van der Waals surface area contributed by atoms with Gasteiger partial charge in [0.1, 0.15) is 0 Å². The van der Waals surface area contributed by atoms with E-state index in [4.69, 9.17) is 5.73 Å². The Hall–Kier alpha value is -1.56. The lowest BCUT2D eigenvalue weighted by atomic mass is 10.2. The zero-order valence-electron chi connectivity index (χ0n) is 11.2. The van der Waals surface area contributed by atoms with Gasteiger partial charge in [-0.1, -0.05) is 19.1 Å². The van der Waals surface area contributed by atoms with Crippen LogP contribution in [0, 0.1) is 0 Å². The fourth-order valence-electron chi connectivity index (χ4n) is 1.85. The van der Waals surface area contributed by atoms with Crippen molar-refractivity contribution in [2.24, 2.45) is 5.73 Å². The first-order valence-corrected chi connectivity index (χ1v) is 7.88. The highest BCUT2D eigenvalue weighted by Crippen LogP contribution is 2.23. The first-order valence-electron chi connectivity index (χ1n) is 6.23. The number of anilines is 1. The molecule has 5 nitrogen and oxygen atoms in total.